The third-order valence-corrected chi connectivity index (χ3v) is 4.80. The van der Waals surface area contributed by atoms with Crippen molar-refractivity contribution in [2.45, 2.75) is 52.0 Å². The molecule has 1 aliphatic rings. The zero-order chi connectivity index (χ0) is 17.6. The lowest BCUT2D eigenvalue weighted by Gasteiger charge is -2.35. The zero-order valence-corrected chi connectivity index (χ0v) is 15.0. The van der Waals surface area contributed by atoms with Gasteiger partial charge in [0.2, 0.25) is 5.91 Å². The number of piperidine rings is 1. The molecule has 1 aliphatic heterocycles. The number of hydrogen-bond acceptors (Lipinski definition) is 4. The van der Waals surface area contributed by atoms with E-state index in [1.807, 2.05) is 43.3 Å². The van der Waals surface area contributed by atoms with Crippen LogP contribution < -0.4 is 10.2 Å². The molecule has 1 atom stereocenters. The van der Waals surface area contributed by atoms with Gasteiger partial charge in [0, 0.05) is 12.6 Å². The Bertz CT molecular complexity index is 697. The molecule has 1 aromatic heterocycles. The molecule has 3 rings (SSSR count). The highest BCUT2D eigenvalue weighted by Crippen LogP contribution is 2.24. The molecular formula is C20H26N4O. The van der Waals surface area contributed by atoms with Gasteiger partial charge in [-0.2, -0.15) is 0 Å². The number of aryl methyl sites for hydroxylation is 1. The molecule has 2 heterocycles. The first-order valence-corrected chi connectivity index (χ1v) is 9.11. The molecule has 1 aromatic carbocycles. The van der Waals surface area contributed by atoms with Crippen molar-refractivity contribution >= 4 is 17.5 Å². The van der Waals surface area contributed by atoms with E-state index in [2.05, 4.69) is 27.3 Å². The van der Waals surface area contributed by atoms with Crippen molar-refractivity contribution in [3.05, 3.63) is 47.5 Å². The van der Waals surface area contributed by atoms with E-state index in [4.69, 9.17) is 0 Å². The molecule has 132 valence electrons. The molecule has 1 unspecified atom stereocenters. The van der Waals surface area contributed by atoms with Crippen LogP contribution in [0.5, 0.6) is 0 Å². The maximum Gasteiger partial charge on any atom is 0.229 e. The monoisotopic (exact) mass is 338 g/mol. The maximum atomic E-state index is 12.2. The smallest absolute Gasteiger partial charge is 0.229 e. The van der Waals surface area contributed by atoms with Gasteiger partial charge in [0.25, 0.3) is 0 Å². The minimum atomic E-state index is -0.0738. The lowest BCUT2D eigenvalue weighted by Crippen LogP contribution is -2.39. The third-order valence-electron chi connectivity index (χ3n) is 4.80. The first-order valence-electron chi connectivity index (χ1n) is 9.11. The number of carbonyl (C=O) groups excluding carboxylic acids is 1. The summed E-state index contributed by atoms with van der Waals surface area (Å²) in [7, 11) is 0. The van der Waals surface area contributed by atoms with Crippen LogP contribution in [-0.4, -0.2) is 28.7 Å². The molecule has 0 spiro atoms. The van der Waals surface area contributed by atoms with Crippen molar-refractivity contribution < 1.29 is 4.79 Å². The summed E-state index contributed by atoms with van der Waals surface area (Å²) in [5.41, 5.74) is 2.18. The Morgan fingerprint density at radius 1 is 1.16 bits per heavy atom. The first kappa shape index (κ1) is 17.4. The molecular weight excluding hydrogens is 312 g/mol. The van der Waals surface area contributed by atoms with Crippen LogP contribution in [0, 0.1) is 6.92 Å². The predicted molar refractivity (Wildman–Crippen MR) is 101 cm³/mol. The zero-order valence-electron chi connectivity index (χ0n) is 15.0. The van der Waals surface area contributed by atoms with Crippen LogP contribution >= 0.6 is 0 Å². The van der Waals surface area contributed by atoms with Crippen LogP contribution in [0.3, 0.4) is 0 Å². The van der Waals surface area contributed by atoms with Gasteiger partial charge < -0.3 is 10.2 Å². The second kappa shape index (κ2) is 8.10. The topological polar surface area (TPSA) is 58.1 Å². The Labute approximate surface area is 149 Å². The number of aromatic nitrogens is 2. The van der Waals surface area contributed by atoms with E-state index in [-0.39, 0.29) is 5.91 Å². The highest BCUT2D eigenvalue weighted by molar-refractivity contribution is 5.91. The molecule has 0 aliphatic carbocycles. The van der Waals surface area contributed by atoms with Gasteiger partial charge in [0.05, 0.1) is 6.42 Å². The van der Waals surface area contributed by atoms with Gasteiger partial charge >= 0.3 is 0 Å². The quantitative estimate of drug-likeness (QED) is 0.902. The Balaban J connectivity index is 1.60. The van der Waals surface area contributed by atoms with E-state index in [1.54, 1.807) is 0 Å². The lowest BCUT2D eigenvalue weighted by molar-refractivity contribution is -0.115. The van der Waals surface area contributed by atoms with Gasteiger partial charge in [0.1, 0.15) is 0 Å². The molecule has 25 heavy (non-hydrogen) atoms. The summed E-state index contributed by atoms with van der Waals surface area (Å²) < 4.78 is 0. The SMILES string of the molecule is CCC1CCCCN1c1ccc(NC(=O)Cc2ccc(C)cc2)nn1. The van der Waals surface area contributed by atoms with Gasteiger partial charge in [-0.3, -0.25) is 4.79 Å². The van der Waals surface area contributed by atoms with Crippen LogP contribution in [0.25, 0.3) is 0 Å². The fraction of sp³-hybridized carbons (Fsp3) is 0.450. The van der Waals surface area contributed by atoms with E-state index in [0.29, 0.717) is 18.3 Å². The summed E-state index contributed by atoms with van der Waals surface area (Å²) in [5, 5.41) is 11.4. The van der Waals surface area contributed by atoms with E-state index >= 15 is 0 Å². The molecule has 2 aromatic rings. The van der Waals surface area contributed by atoms with Crippen molar-refractivity contribution in [1.29, 1.82) is 0 Å². The first-order chi connectivity index (χ1) is 12.2. The number of rotatable bonds is 5. The number of nitrogens with zero attached hydrogens (tertiary/aromatic N) is 3. The molecule has 1 amide bonds. The van der Waals surface area contributed by atoms with E-state index in [0.717, 1.165) is 24.3 Å². The second-order valence-corrected chi connectivity index (χ2v) is 6.74. The molecule has 1 saturated heterocycles. The molecule has 5 heteroatoms. The molecule has 0 bridgehead atoms. The minimum Gasteiger partial charge on any atom is -0.352 e. The molecule has 0 saturated carbocycles. The average molecular weight is 338 g/mol. The van der Waals surface area contributed by atoms with Crippen LogP contribution in [-0.2, 0) is 11.2 Å². The Hall–Kier alpha value is -2.43. The van der Waals surface area contributed by atoms with Gasteiger partial charge in [-0.1, -0.05) is 36.8 Å². The number of nitrogens with one attached hydrogen (secondary N) is 1. The normalized spacial score (nSPS) is 17.4. The fourth-order valence-corrected chi connectivity index (χ4v) is 3.35. The molecule has 0 radical (unpaired) electrons. The number of hydrogen-bond donors (Lipinski definition) is 1. The Morgan fingerprint density at radius 2 is 1.96 bits per heavy atom. The predicted octanol–water partition coefficient (Wildman–Crippen LogP) is 3.74. The third kappa shape index (κ3) is 4.56. The lowest BCUT2D eigenvalue weighted by atomic mass is 10.0. The average Bonchev–Trinajstić information content (AvgIpc) is 2.64. The number of amides is 1. The second-order valence-electron chi connectivity index (χ2n) is 6.74. The van der Waals surface area contributed by atoms with E-state index in [9.17, 15) is 4.79 Å². The minimum absolute atomic E-state index is 0.0738. The molecule has 1 N–H and O–H groups in total. The summed E-state index contributed by atoms with van der Waals surface area (Å²) in [6.45, 7) is 5.29. The Morgan fingerprint density at radius 3 is 2.64 bits per heavy atom. The highest BCUT2D eigenvalue weighted by atomic mass is 16.1. The summed E-state index contributed by atoms with van der Waals surface area (Å²) in [6, 6.07) is 12.3. The van der Waals surface area contributed by atoms with Crippen LogP contribution in [0.2, 0.25) is 0 Å². The van der Waals surface area contributed by atoms with Crippen molar-refractivity contribution in [3.8, 4) is 0 Å². The standard InChI is InChI=1S/C20H26N4O/c1-3-17-6-4-5-13-24(17)19-12-11-18(22-23-19)21-20(25)14-16-9-7-15(2)8-10-16/h7-12,17H,3-6,13-14H2,1-2H3,(H,21,22,25). The van der Waals surface area contributed by atoms with Crippen molar-refractivity contribution in [3.63, 3.8) is 0 Å². The summed E-state index contributed by atoms with van der Waals surface area (Å²) in [6.07, 6.45) is 5.17. The number of carbonyl (C=O) groups is 1. The fourth-order valence-electron chi connectivity index (χ4n) is 3.35. The van der Waals surface area contributed by atoms with Crippen LogP contribution in [0.1, 0.15) is 43.7 Å². The summed E-state index contributed by atoms with van der Waals surface area (Å²) in [5.74, 6) is 1.34. The van der Waals surface area contributed by atoms with Crippen molar-refractivity contribution in [1.82, 2.24) is 10.2 Å². The highest BCUT2D eigenvalue weighted by Gasteiger charge is 2.22. The van der Waals surface area contributed by atoms with E-state index < -0.39 is 0 Å². The van der Waals surface area contributed by atoms with Gasteiger partial charge in [0.15, 0.2) is 11.6 Å². The molecule has 1 fully saturated rings. The van der Waals surface area contributed by atoms with Gasteiger partial charge in [-0.15, -0.1) is 10.2 Å². The van der Waals surface area contributed by atoms with Gasteiger partial charge in [-0.05, 0) is 50.3 Å². The van der Waals surface area contributed by atoms with Crippen molar-refractivity contribution in [2.75, 3.05) is 16.8 Å². The van der Waals surface area contributed by atoms with Crippen molar-refractivity contribution in [2.24, 2.45) is 0 Å². The van der Waals surface area contributed by atoms with Crippen LogP contribution in [0.4, 0.5) is 11.6 Å². The largest absolute Gasteiger partial charge is 0.352 e. The Kier molecular flexibility index (Phi) is 5.64. The summed E-state index contributed by atoms with van der Waals surface area (Å²) in [4.78, 5) is 14.5. The number of anilines is 2. The van der Waals surface area contributed by atoms with E-state index in [1.165, 1.54) is 24.8 Å². The van der Waals surface area contributed by atoms with Crippen LogP contribution in [0.15, 0.2) is 36.4 Å². The molecule has 5 nitrogen and oxygen atoms in total. The summed E-state index contributed by atoms with van der Waals surface area (Å²) >= 11 is 0. The maximum absolute atomic E-state index is 12.2. The number of benzene rings is 1. The van der Waals surface area contributed by atoms with Gasteiger partial charge in [-0.25, -0.2) is 0 Å².